The number of rotatable bonds is 3. The Labute approximate surface area is 158 Å². The lowest BCUT2D eigenvalue weighted by atomic mass is 10.0. The Morgan fingerprint density at radius 2 is 1.96 bits per heavy atom. The molecule has 3 aromatic carbocycles. The molecule has 0 fully saturated rings. The monoisotopic (exact) mass is 354 g/mol. The summed E-state index contributed by atoms with van der Waals surface area (Å²) in [6, 6.07) is 19.3. The van der Waals surface area contributed by atoms with E-state index < -0.39 is 0 Å². The lowest BCUT2D eigenvalue weighted by Crippen LogP contribution is -2.35. The molecule has 27 heavy (non-hydrogen) atoms. The Hall–Kier alpha value is -2.87. The summed E-state index contributed by atoms with van der Waals surface area (Å²) in [5.74, 6) is 0. The van der Waals surface area contributed by atoms with Gasteiger partial charge in [0.1, 0.15) is 0 Å². The van der Waals surface area contributed by atoms with Gasteiger partial charge in [-0.15, -0.1) is 0 Å². The number of fused-ring (bicyclic) bond motifs is 5. The minimum absolute atomic E-state index is 0.713. The van der Waals surface area contributed by atoms with Crippen LogP contribution in [0.25, 0.3) is 32.6 Å². The maximum absolute atomic E-state index is 9.22. The molecule has 1 aliphatic rings. The molecule has 0 bridgehead atoms. The molecular formula is C23H22N4. The first-order valence-electron chi connectivity index (χ1n) is 9.39. The Bertz CT molecular complexity index is 1230. The molecule has 0 radical (unpaired) electrons. The van der Waals surface area contributed by atoms with Crippen molar-refractivity contribution in [1.82, 2.24) is 14.4 Å². The van der Waals surface area contributed by atoms with Crippen LogP contribution >= 0.6 is 0 Å². The molecule has 0 saturated heterocycles. The molecule has 0 amide bonds. The van der Waals surface area contributed by atoms with Crippen molar-refractivity contribution < 1.29 is 0 Å². The number of benzene rings is 3. The molecule has 1 aromatic heterocycles. The highest BCUT2D eigenvalue weighted by molar-refractivity contribution is 6.21. The Balaban J connectivity index is 1.75. The molecule has 0 unspecified atom stereocenters. The maximum Gasteiger partial charge on any atom is 0.0991 e. The van der Waals surface area contributed by atoms with Gasteiger partial charge >= 0.3 is 0 Å². The van der Waals surface area contributed by atoms with Gasteiger partial charge in [0.05, 0.1) is 29.3 Å². The largest absolute Gasteiger partial charge is 0.326 e. The molecule has 0 saturated carbocycles. The van der Waals surface area contributed by atoms with Crippen LogP contribution in [0.15, 0.2) is 48.5 Å². The lowest BCUT2D eigenvalue weighted by molar-refractivity contribution is 0.186. The van der Waals surface area contributed by atoms with Crippen LogP contribution in [0.3, 0.4) is 0 Å². The summed E-state index contributed by atoms with van der Waals surface area (Å²) in [5.41, 5.74) is 4.76. The van der Waals surface area contributed by atoms with Crippen molar-refractivity contribution in [2.75, 3.05) is 27.2 Å². The first kappa shape index (κ1) is 16.3. The summed E-state index contributed by atoms with van der Waals surface area (Å²) in [4.78, 5) is 4.76. The van der Waals surface area contributed by atoms with Crippen molar-refractivity contribution in [2.24, 2.45) is 0 Å². The summed E-state index contributed by atoms with van der Waals surface area (Å²) in [6.45, 7) is 4.04. The number of hydrogen-bond acceptors (Lipinski definition) is 3. The van der Waals surface area contributed by atoms with Crippen LogP contribution in [0.5, 0.6) is 0 Å². The highest BCUT2D eigenvalue weighted by Gasteiger charge is 2.22. The van der Waals surface area contributed by atoms with Crippen molar-refractivity contribution in [2.45, 2.75) is 13.2 Å². The SMILES string of the molecule is CN(C)CCN1Cc2cccc3c4c5ccc(C#N)cc5ccc4n(c23)C1. The molecule has 134 valence electrons. The molecule has 5 rings (SSSR count). The van der Waals surface area contributed by atoms with E-state index in [1.807, 2.05) is 12.1 Å². The van der Waals surface area contributed by atoms with Crippen LogP contribution < -0.4 is 0 Å². The van der Waals surface area contributed by atoms with Crippen molar-refractivity contribution in [3.63, 3.8) is 0 Å². The summed E-state index contributed by atoms with van der Waals surface area (Å²) >= 11 is 0. The molecular weight excluding hydrogens is 332 g/mol. The molecule has 0 aliphatic carbocycles. The zero-order valence-electron chi connectivity index (χ0n) is 15.7. The number of likely N-dealkylation sites (N-methyl/N-ethyl adjacent to an activating group) is 1. The third-order valence-electron chi connectivity index (χ3n) is 5.68. The maximum atomic E-state index is 9.22. The van der Waals surface area contributed by atoms with Crippen molar-refractivity contribution in [3.8, 4) is 6.07 Å². The number of hydrogen-bond donors (Lipinski definition) is 0. The molecule has 4 aromatic rings. The first-order chi connectivity index (χ1) is 13.2. The van der Waals surface area contributed by atoms with E-state index in [9.17, 15) is 5.26 Å². The molecule has 2 heterocycles. The molecule has 1 aliphatic heterocycles. The van der Waals surface area contributed by atoms with E-state index in [4.69, 9.17) is 0 Å². The molecule has 4 nitrogen and oxygen atoms in total. The minimum Gasteiger partial charge on any atom is -0.326 e. The van der Waals surface area contributed by atoms with Crippen LogP contribution in [-0.4, -0.2) is 41.6 Å². The molecule has 4 heteroatoms. The second-order valence-corrected chi connectivity index (χ2v) is 7.75. The lowest BCUT2D eigenvalue weighted by Gasteiger charge is -2.30. The number of aromatic nitrogens is 1. The van der Waals surface area contributed by atoms with Crippen molar-refractivity contribution in [1.29, 1.82) is 5.26 Å². The quantitative estimate of drug-likeness (QED) is 0.554. The van der Waals surface area contributed by atoms with E-state index in [2.05, 4.69) is 70.9 Å². The third kappa shape index (κ3) is 2.51. The van der Waals surface area contributed by atoms with Gasteiger partial charge in [-0.3, -0.25) is 4.90 Å². The van der Waals surface area contributed by atoms with Gasteiger partial charge in [0.15, 0.2) is 0 Å². The average Bonchev–Trinajstić information content (AvgIpc) is 3.01. The zero-order chi connectivity index (χ0) is 18.5. The van der Waals surface area contributed by atoms with E-state index in [-0.39, 0.29) is 0 Å². The molecule has 0 spiro atoms. The van der Waals surface area contributed by atoms with Crippen molar-refractivity contribution in [3.05, 3.63) is 59.7 Å². The number of nitriles is 1. The second kappa shape index (κ2) is 6.09. The van der Waals surface area contributed by atoms with Crippen LogP contribution in [0.2, 0.25) is 0 Å². The van der Waals surface area contributed by atoms with Gasteiger partial charge in [-0.1, -0.05) is 30.3 Å². The second-order valence-electron chi connectivity index (χ2n) is 7.75. The number of para-hydroxylation sites is 1. The van der Waals surface area contributed by atoms with E-state index in [0.717, 1.165) is 31.7 Å². The van der Waals surface area contributed by atoms with Crippen LogP contribution in [0.4, 0.5) is 0 Å². The zero-order valence-corrected chi connectivity index (χ0v) is 15.7. The van der Waals surface area contributed by atoms with Gasteiger partial charge in [0.2, 0.25) is 0 Å². The topological polar surface area (TPSA) is 35.2 Å². The van der Waals surface area contributed by atoms with E-state index in [1.165, 1.54) is 32.8 Å². The summed E-state index contributed by atoms with van der Waals surface area (Å²) in [7, 11) is 4.26. The Morgan fingerprint density at radius 3 is 2.78 bits per heavy atom. The van der Waals surface area contributed by atoms with Crippen LogP contribution in [-0.2, 0) is 13.2 Å². The smallest absolute Gasteiger partial charge is 0.0991 e. The Morgan fingerprint density at radius 1 is 1.07 bits per heavy atom. The van der Waals surface area contributed by atoms with E-state index in [1.54, 1.807) is 0 Å². The first-order valence-corrected chi connectivity index (χ1v) is 9.39. The summed E-state index contributed by atoms with van der Waals surface area (Å²) in [6.07, 6.45) is 0. The fourth-order valence-corrected chi connectivity index (χ4v) is 4.38. The average molecular weight is 354 g/mol. The molecule has 0 N–H and O–H groups in total. The minimum atomic E-state index is 0.713. The van der Waals surface area contributed by atoms with Crippen molar-refractivity contribution >= 4 is 32.6 Å². The van der Waals surface area contributed by atoms with E-state index in [0.29, 0.717) is 5.56 Å². The summed E-state index contributed by atoms with van der Waals surface area (Å²) in [5, 5.41) is 14.2. The number of nitrogens with zero attached hydrogens (tertiary/aromatic N) is 4. The van der Waals surface area contributed by atoms with Gasteiger partial charge < -0.3 is 9.47 Å². The predicted octanol–water partition coefficient (Wildman–Crippen LogP) is 4.15. The van der Waals surface area contributed by atoms with E-state index >= 15 is 0 Å². The van der Waals surface area contributed by atoms with Gasteiger partial charge in [0, 0.05) is 30.4 Å². The highest BCUT2D eigenvalue weighted by Crippen LogP contribution is 2.38. The van der Waals surface area contributed by atoms with Gasteiger partial charge in [-0.25, -0.2) is 0 Å². The predicted molar refractivity (Wildman–Crippen MR) is 111 cm³/mol. The highest BCUT2D eigenvalue weighted by atomic mass is 15.3. The normalized spacial score (nSPS) is 14.4. The van der Waals surface area contributed by atoms with Crippen LogP contribution in [0.1, 0.15) is 11.1 Å². The summed E-state index contributed by atoms with van der Waals surface area (Å²) < 4.78 is 2.47. The van der Waals surface area contributed by atoms with Gasteiger partial charge in [-0.05, 0) is 48.6 Å². The van der Waals surface area contributed by atoms with Gasteiger partial charge in [-0.2, -0.15) is 5.26 Å². The van der Waals surface area contributed by atoms with Crippen LogP contribution in [0, 0.1) is 11.3 Å². The fourth-order valence-electron chi connectivity index (χ4n) is 4.38. The fraction of sp³-hybridized carbons (Fsp3) is 0.261. The Kier molecular flexibility index (Phi) is 3.68. The third-order valence-corrected chi connectivity index (χ3v) is 5.68. The van der Waals surface area contributed by atoms with Gasteiger partial charge in [0.25, 0.3) is 0 Å². The molecule has 0 atom stereocenters. The standard InChI is InChI=1S/C23H22N4/c1-25(2)10-11-26-14-18-4-3-5-20-22-19-8-6-16(13-24)12-17(19)7-9-21(22)27(15-26)23(18)20/h3-9,12H,10-11,14-15H2,1-2H3.